The van der Waals surface area contributed by atoms with E-state index in [0.29, 0.717) is 12.0 Å². The van der Waals surface area contributed by atoms with Crippen LogP contribution in [0.4, 0.5) is 13.2 Å². The fourth-order valence-corrected chi connectivity index (χ4v) is 2.70. The van der Waals surface area contributed by atoms with Gasteiger partial charge in [0.2, 0.25) is 0 Å². The van der Waals surface area contributed by atoms with Crippen molar-refractivity contribution in [2.75, 3.05) is 13.1 Å². The fourth-order valence-electron chi connectivity index (χ4n) is 2.70. The van der Waals surface area contributed by atoms with E-state index >= 15 is 0 Å². The SMILES string of the molecule is CC(=O)c1cc2ccccc2nc1C.FC(F)(F)C1CCCNC1. The number of halogens is 3. The standard InChI is InChI=1S/C12H11NO.C6H10F3N/c1-8-11(9(2)14)7-10-5-3-4-6-12(10)13-8;7-6(8,9)5-2-1-3-10-4-5/h3-7H,1-2H3;5,10H,1-4H2. The Balaban J connectivity index is 0.000000185. The minimum absolute atomic E-state index is 0.0701. The van der Waals surface area contributed by atoms with Crippen LogP contribution in [-0.4, -0.2) is 30.0 Å². The number of nitrogens with zero attached hydrogens (tertiary/aromatic N) is 1. The Bertz CT molecular complexity index is 707. The number of aryl methyl sites for hydroxylation is 1. The number of nitrogens with one attached hydrogen (secondary N) is 1. The summed E-state index contributed by atoms with van der Waals surface area (Å²) in [6, 6.07) is 9.71. The summed E-state index contributed by atoms with van der Waals surface area (Å²) < 4.78 is 35.7. The van der Waals surface area contributed by atoms with Crippen molar-refractivity contribution in [1.29, 1.82) is 0 Å². The van der Waals surface area contributed by atoms with Crippen molar-refractivity contribution in [3.8, 4) is 0 Å². The van der Waals surface area contributed by atoms with Crippen LogP contribution < -0.4 is 5.32 Å². The quantitative estimate of drug-likeness (QED) is 0.789. The number of rotatable bonds is 1. The molecule has 2 aromatic rings. The summed E-state index contributed by atoms with van der Waals surface area (Å²) in [5, 5.41) is 3.74. The number of piperidine rings is 1. The summed E-state index contributed by atoms with van der Waals surface area (Å²) in [5.41, 5.74) is 2.45. The second-order valence-electron chi connectivity index (χ2n) is 5.96. The van der Waals surface area contributed by atoms with Gasteiger partial charge in [-0.2, -0.15) is 13.2 Å². The number of hydrogen-bond acceptors (Lipinski definition) is 3. The molecule has 1 aliphatic rings. The molecule has 6 heteroatoms. The molecule has 3 rings (SSSR count). The van der Waals surface area contributed by atoms with Gasteiger partial charge >= 0.3 is 6.18 Å². The minimum Gasteiger partial charge on any atom is -0.316 e. The van der Waals surface area contributed by atoms with Crippen molar-refractivity contribution in [2.45, 2.75) is 32.9 Å². The molecule has 1 fully saturated rings. The first-order valence-electron chi connectivity index (χ1n) is 7.94. The number of alkyl halides is 3. The van der Waals surface area contributed by atoms with E-state index in [1.807, 2.05) is 37.3 Å². The highest BCUT2D eigenvalue weighted by Crippen LogP contribution is 2.30. The number of benzene rings is 1. The summed E-state index contributed by atoms with van der Waals surface area (Å²) in [7, 11) is 0. The molecule has 0 saturated carbocycles. The van der Waals surface area contributed by atoms with Gasteiger partial charge in [-0.05, 0) is 45.4 Å². The van der Waals surface area contributed by atoms with Gasteiger partial charge in [-0.25, -0.2) is 0 Å². The molecule has 130 valence electrons. The molecule has 0 amide bonds. The maximum Gasteiger partial charge on any atom is 0.393 e. The van der Waals surface area contributed by atoms with Crippen LogP contribution in [0.25, 0.3) is 10.9 Å². The number of carbonyl (C=O) groups is 1. The fraction of sp³-hybridized carbons (Fsp3) is 0.444. The first-order valence-corrected chi connectivity index (χ1v) is 7.94. The second-order valence-corrected chi connectivity index (χ2v) is 5.96. The third-order valence-corrected chi connectivity index (χ3v) is 4.05. The lowest BCUT2D eigenvalue weighted by molar-refractivity contribution is -0.177. The summed E-state index contributed by atoms with van der Waals surface area (Å²) in [5.74, 6) is -1.04. The molecule has 0 aliphatic carbocycles. The van der Waals surface area contributed by atoms with Crippen molar-refractivity contribution in [3.63, 3.8) is 0 Å². The maximum absolute atomic E-state index is 11.9. The molecule has 1 atom stereocenters. The van der Waals surface area contributed by atoms with Gasteiger partial charge in [0.1, 0.15) is 0 Å². The van der Waals surface area contributed by atoms with E-state index in [2.05, 4.69) is 10.3 Å². The van der Waals surface area contributed by atoms with E-state index in [4.69, 9.17) is 0 Å². The molecule has 0 radical (unpaired) electrons. The van der Waals surface area contributed by atoms with Gasteiger partial charge in [0.05, 0.1) is 11.4 Å². The van der Waals surface area contributed by atoms with Gasteiger partial charge in [0.25, 0.3) is 0 Å². The lowest BCUT2D eigenvalue weighted by atomic mass is 9.99. The third kappa shape index (κ3) is 4.77. The van der Waals surface area contributed by atoms with E-state index in [0.717, 1.165) is 23.1 Å². The highest BCUT2D eigenvalue weighted by Gasteiger charge is 2.39. The molecule has 1 aromatic heterocycles. The Morgan fingerprint density at radius 2 is 2.00 bits per heavy atom. The maximum atomic E-state index is 11.9. The van der Waals surface area contributed by atoms with Gasteiger partial charge in [0, 0.05) is 23.2 Å². The van der Waals surface area contributed by atoms with Gasteiger partial charge in [0.15, 0.2) is 5.78 Å². The lowest BCUT2D eigenvalue weighted by Crippen LogP contribution is -2.38. The molecule has 1 saturated heterocycles. The van der Waals surface area contributed by atoms with E-state index in [-0.39, 0.29) is 18.7 Å². The van der Waals surface area contributed by atoms with Crippen LogP contribution >= 0.6 is 0 Å². The third-order valence-electron chi connectivity index (χ3n) is 4.05. The predicted octanol–water partition coefficient (Wildman–Crippen LogP) is 4.29. The minimum atomic E-state index is -3.99. The molecule has 1 aliphatic heterocycles. The van der Waals surface area contributed by atoms with E-state index in [1.54, 1.807) is 6.92 Å². The first kappa shape index (κ1) is 18.4. The predicted molar refractivity (Wildman–Crippen MR) is 88.1 cm³/mol. The molecule has 0 spiro atoms. The highest BCUT2D eigenvalue weighted by molar-refractivity contribution is 5.98. The summed E-state index contributed by atoms with van der Waals surface area (Å²) in [6.45, 7) is 4.26. The van der Waals surface area contributed by atoms with Crippen molar-refractivity contribution in [1.82, 2.24) is 10.3 Å². The van der Waals surface area contributed by atoms with Crippen molar-refractivity contribution >= 4 is 16.7 Å². The second kappa shape index (κ2) is 7.75. The van der Waals surface area contributed by atoms with Crippen LogP contribution in [0.1, 0.15) is 35.8 Å². The van der Waals surface area contributed by atoms with E-state index < -0.39 is 12.1 Å². The van der Waals surface area contributed by atoms with Crippen molar-refractivity contribution in [3.05, 3.63) is 41.6 Å². The number of pyridine rings is 1. The average molecular weight is 338 g/mol. The number of hydrogen-bond donors (Lipinski definition) is 1. The molecule has 3 nitrogen and oxygen atoms in total. The Morgan fingerprint density at radius 3 is 2.54 bits per heavy atom. The Morgan fingerprint density at radius 1 is 1.29 bits per heavy atom. The normalized spacial score (nSPS) is 18.0. The summed E-state index contributed by atoms with van der Waals surface area (Å²) in [6.07, 6.45) is -3.06. The zero-order valence-electron chi connectivity index (χ0n) is 13.8. The van der Waals surface area contributed by atoms with Gasteiger partial charge in [-0.15, -0.1) is 0 Å². The molecular formula is C18H21F3N2O. The van der Waals surface area contributed by atoms with Gasteiger partial charge in [-0.3, -0.25) is 9.78 Å². The monoisotopic (exact) mass is 338 g/mol. The Labute approximate surface area is 139 Å². The Hall–Kier alpha value is -1.95. The molecule has 24 heavy (non-hydrogen) atoms. The van der Waals surface area contributed by atoms with Gasteiger partial charge in [-0.1, -0.05) is 18.2 Å². The number of ketones is 1. The zero-order valence-corrected chi connectivity index (χ0v) is 13.8. The number of fused-ring (bicyclic) bond motifs is 1. The number of Topliss-reactive ketones (excluding diaryl/α,β-unsaturated/α-hetero) is 1. The van der Waals surface area contributed by atoms with E-state index in [9.17, 15) is 18.0 Å². The number of para-hydroxylation sites is 1. The molecular weight excluding hydrogens is 317 g/mol. The first-order chi connectivity index (χ1) is 11.3. The largest absolute Gasteiger partial charge is 0.393 e. The summed E-state index contributed by atoms with van der Waals surface area (Å²) >= 11 is 0. The molecule has 1 N–H and O–H groups in total. The van der Waals surface area contributed by atoms with Crippen LogP contribution in [0.5, 0.6) is 0 Å². The number of aromatic nitrogens is 1. The number of carbonyl (C=O) groups excluding carboxylic acids is 1. The van der Waals surface area contributed by atoms with Crippen LogP contribution in [0.2, 0.25) is 0 Å². The topological polar surface area (TPSA) is 42.0 Å². The highest BCUT2D eigenvalue weighted by atomic mass is 19.4. The van der Waals surface area contributed by atoms with Crippen LogP contribution in [-0.2, 0) is 0 Å². The molecule has 1 aromatic carbocycles. The zero-order chi connectivity index (χ0) is 17.7. The van der Waals surface area contributed by atoms with E-state index in [1.165, 1.54) is 0 Å². The lowest BCUT2D eigenvalue weighted by Gasteiger charge is -2.24. The van der Waals surface area contributed by atoms with Crippen molar-refractivity contribution in [2.24, 2.45) is 5.92 Å². The Kier molecular flexibility index (Phi) is 5.94. The van der Waals surface area contributed by atoms with Crippen molar-refractivity contribution < 1.29 is 18.0 Å². The van der Waals surface area contributed by atoms with Crippen LogP contribution in [0, 0.1) is 12.8 Å². The summed E-state index contributed by atoms with van der Waals surface area (Å²) in [4.78, 5) is 15.6. The van der Waals surface area contributed by atoms with Crippen LogP contribution in [0.15, 0.2) is 30.3 Å². The molecule has 1 unspecified atom stereocenters. The molecule has 2 heterocycles. The average Bonchev–Trinajstić information content (AvgIpc) is 2.54. The van der Waals surface area contributed by atoms with Gasteiger partial charge < -0.3 is 5.32 Å². The molecule has 0 bridgehead atoms. The van der Waals surface area contributed by atoms with Crippen LogP contribution in [0.3, 0.4) is 0 Å². The smallest absolute Gasteiger partial charge is 0.316 e.